The van der Waals surface area contributed by atoms with Gasteiger partial charge in [0, 0.05) is 6.07 Å². The van der Waals surface area contributed by atoms with Gasteiger partial charge in [-0.05, 0) is 24.3 Å². The Kier molecular flexibility index (Phi) is 7.10. The molecule has 0 bridgehead atoms. The molecule has 0 atom stereocenters. The second kappa shape index (κ2) is 9.20. The van der Waals surface area contributed by atoms with E-state index in [0.717, 1.165) is 31.4 Å². The fraction of sp³-hybridized carbons (Fsp3) is 0.278. The lowest BCUT2D eigenvalue weighted by molar-refractivity contribution is -0.274. The van der Waals surface area contributed by atoms with Gasteiger partial charge >= 0.3 is 12.3 Å². The zero-order valence-corrected chi connectivity index (χ0v) is 17.5. The molecule has 0 heterocycles. The van der Waals surface area contributed by atoms with Crippen LogP contribution in [0.5, 0.6) is 23.0 Å². The number of hydrogen-bond donors (Lipinski definition) is 1. The number of halogens is 3. The van der Waals surface area contributed by atoms with Crippen molar-refractivity contribution in [2.75, 3.05) is 33.2 Å². The second-order valence-electron chi connectivity index (χ2n) is 5.68. The molecule has 9 nitrogen and oxygen atoms in total. The quantitative estimate of drug-likeness (QED) is 0.592. The highest BCUT2D eigenvalue weighted by Crippen LogP contribution is 2.46. The van der Waals surface area contributed by atoms with E-state index in [2.05, 4.69) is 14.2 Å². The predicted molar refractivity (Wildman–Crippen MR) is 101 cm³/mol. The zero-order chi connectivity index (χ0) is 23.4. The lowest BCUT2D eigenvalue weighted by atomic mass is 10.1. The van der Waals surface area contributed by atoms with Crippen molar-refractivity contribution in [2.45, 2.75) is 11.3 Å². The van der Waals surface area contributed by atoms with Crippen molar-refractivity contribution < 1.29 is 50.1 Å². The zero-order valence-electron chi connectivity index (χ0n) is 16.7. The monoisotopic (exact) mass is 465 g/mol. The third kappa shape index (κ3) is 5.42. The van der Waals surface area contributed by atoms with Gasteiger partial charge in [-0.2, -0.15) is 0 Å². The van der Waals surface area contributed by atoms with Crippen molar-refractivity contribution >= 4 is 21.7 Å². The minimum Gasteiger partial charge on any atom is -0.493 e. The summed E-state index contributed by atoms with van der Waals surface area (Å²) < 4.78 is 88.7. The third-order valence-corrected chi connectivity index (χ3v) is 5.20. The molecule has 0 spiro atoms. The molecule has 0 aromatic heterocycles. The fourth-order valence-electron chi connectivity index (χ4n) is 2.54. The van der Waals surface area contributed by atoms with Gasteiger partial charge in [0.05, 0.1) is 38.9 Å². The van der Waals surface area contributed by atoms with Crippen LogP contribution in [0.2, 0.25) is 0 Å². The number of rotatable bonds is 8. The van der Waals surface area contributed by atoms with Gasteiger partial charge in [0.15, 0.2) is 11.5 Å². The maximum atomic E-state index is 12.8. The molecule has 31 heavy (non-hydrogen) atoms. The van der Waals surface area contributed by atoms with E-state index in [1.807, 2.05) is 0 Å². The number of nitrogens with one attached hydrogen (secondary N) is 1. The smallest absolute Gasteiger partial charge is 0.493 e. The molecule has 0 saturated heterocycles. The molecule has 0 saturated carbocycles. The molecule has 2 rings (SSSR count). The summed E-state index contributed by atoms with van der Waals surface area (Å²) in [6, 6.07) is 4.64. The number of benzene rings is 2. The molecule has 0 aliphatic carbocycles. The number of hydrogen-bond acceptors (Lipinski definition) is 8. The highest BCUT2D eigenvalue weighted by Gasteiger charge is 2.32. The van der Waals surface area contributed by atoms with Crippen molar-refractivity contribution in [3.63, 3.8) is 0 Å². The van der Waals surface area contributed by atoms with Gasteiger partial charge in [0.1, 0.15) is 11.4 Å². The number of alkyl halides is 3. The maximum absolute atomic E-state index is 12.8. The minimum atomic E-state index is -4.93. The van der Waals surface area contributed by atoms with Crippen molar-refractivity contribution in [2.24, 2.45) is 0 Å². The Morgan fingerprint density at radius 2 is 1.52 bits per heavy atom. The van der Waals surface area contributed by atoms with Gasteiger partial charge < -0.3 is 23.7 Å². The Balaban J connectivity index is 2.56. The Morgan fingerprint density at radius 3 is 1.97 bits per heavy atom. The van der Waals surface area contributed by atoms with Crippen LogP contribution in [0.1, 0.15) is 10.4 Å². The van der Waals surface area contributed by atoms with Crippen LogP contribution in [0.25, 0.3) is 0 Å². The molecule has 2 aromatic carbocycles. The number of esters is 1. The molecular weight excluding hydrogens is 447 g/mol. The van der Waals surface area contributed by atoms with Gasteiger partial charge in [0.2, 0.25) is 5.75 Å². The predicted octanol–water partition coefficient (Wildman–Crippen LogP) is 3.20. The average Bonchev–Trinajstić information content (AvgIpc) is 2.71. The van der Waals surface area contributed by atoms with Gasteiger partial charge in [0.25, 0.3) is 10.0 Å². The maximum Gasteiger partial charge on any atom is 0.573 e. The van der Waals surface area contributed by atoms with E-state index >= 15 is 0 Å². The van der Waals surface area contributed by atoms with E-state index in [1.165, 1.54) is 27.4 Å². The van der Waals surface area contributed by atoms with Crippen LogP contribution >= 0.6 is 0 Å². The number of carbonyl (C=O) groups excluding carboxylic acids is 1. The summed E-state index contributed by atoms with van der Waals surface area (Å²) in [4.78, 5) is 11.8. The van der Waals surface area contributed by atoms with Crippen molar-refractivity contribution in [3.05, 3.63) is 35.9 Å². The topological polar surface area (TPSA) is 109 Å². The summed E-state index contributed by atoms with van der Waals surface area (Å²) >= 11 is 0. The summed E-state index contributed by atoms with van der Waals surface area (Å²) in [5.41, 5.74) is -0.569. The fourth-order valence-corrected chi connectivity index (χ4v) is 3.63. The number of ether oxygens (including phenoxy) is 5. The first-order valence-corrected chi connectivity index (χ1v) is 9.75. The van der Waals surface area contributed by atoms with Crippen LogP contribution in [0.15, 0.2) is 35.2 Å². The lowest BCUT2D eigenvalue weighted by Gasteiger charge is -2.19. The SMILES string of the molecule is COC(=O)c1cc(OC)c(OC)c(OC)c1NS(=O)(=O)c1ccc(OC(F)(F)F)cc1. The van der Waals surface area contributed by atoms with E-state index < -0.39 is 33.0 Å². The molecule has 0 fully saturated rings. The molecule has 13 heteroatoms. The lowest BCUT2D eigenvalue weighted by Crippen LogP contribution is -2.18. The number of sulfonamides is 1. The first-order valence-electron chi connectivity index (χ1n) is 8.27. The van der Waals surface area contributed by atoms with Gasteiger partial charge in [-0.15, -0.1) is 13.2 Å². The Bertz CT molecular complexity index is 1050. The largest absolute Gasteiger partial charge is 0.573 e. The normalized spacial score (nSPS) is 11.5. The molecule has 2 aromatic rings. The third-order valence-electron chi connectivity index (χ3n) is 3.84. The molecular formula is C18H18F3NO8S. The van der Waals surface area contributed by atoms with E-state index in [0.29, 0.717) is 0 Å². The van der Waals surface area contributed by atoms with E-state index in [4.69, 9.17) is 14.2 Å². The molecule has 0 unspecified atom stereocenters. The van der Waals surface area contributed by atoms with Crippen molar-refractivity contribution in [3.8, 4) is 23.0 Å². The van der Waals surface area contributed by atoms with Crippen LogP contribution in [-0.4, -0.2) is 49.2 Å². The molecule has 0 amide bonds. The van der Waals surface area contributed by atoms with Gasteiger partial charge in [-0.25, -0.2) is 13.2 Å². The molecule has 0 aliphatic heterocycles. The molecule has 170 valence electrons. The van der Waals surface area contributed by atoms with Crippen LogP contribution in [0.3, 0.4) is 0 Å². The molecule has 0 aliphatic rings. The van der Waals surface area contributed by atoms with Crippen LogP contribution < -0.4 is 23.7 Å². The summed E-state index contributed by atoms with van der Waals surface area (Å²) in [6.07, 6.45) is -4.93. The number of methoxy groups -OCH3 is 4. The Hall–Kier alpha value is -3.35. The Morgan fingerprint density at radius 1 is 0.935 bits per heavy atom. The summed E-state index contributed by atoms with van der Waals surface area (Å²) in [5, 5.41) is 0. The van der Waals surface area contributed by atoms with E-state index in [-0.39, 0.29) is 28.5 Å². The van der Waals surface area contributed by atoms with Gasteiger partial charge in [-0.3, -0.25) is 4.72 Å². The van der Waals surface area contributed by atoms with Crippen molar-refractivity contribution in [1.29, 1.82) is 0 Å². The van der Waals surface area contributed by atoms with E-state index in [1.54, 1.807) is 0 Å². The number of carbonyl (C=O) groups is 1. The standard InChI is InChI=1S/C18H18F3NO8S/c1-26-13-9-12(17(23)29-4)14(16(28-3)15(13)27-2)22-31(24,25)11-7-5-10(6-8-11)30-18(19,20)21/h5-9,22H,1-4H3. The molecule has 1 N–H and O–H groups in total. The summed E-state index contributed by atoms with van der Waals surface area (Å²) in [5.74, 6) is -1.64. The number of anilines is 1. The van der Waals surface area contributed by atoms with Crippen molar-refractivity contribution in [1.82, 2.24) is 0 Å². The first kappa shape index (κ1) is 23.9. The molecule has 0 radical (unpaired) electrons. The first-order chi connectivity index (χ1) is 14.5. The van der Waals surface area contributed by atoms with Gasteiger partial charge in [-0.1, -0.05) is 0 Å². The highest BCUT2D eigenvalue weighted by molar-refractivity contribution is 7.92. The summed E-state index contributed by atoms with van der Waals surface area (Å²) in [6.45, 7) is 0. The van der Waals surface area contributed by atoms with Crippen LogP contribution in [-0.2, 0) is 14.8 Å². The van der Waals surface area contributed by atoms with E-state index in [9.17, 15) is 26.4 Å². The van der Waals surface area contributed by atoms with Crippen LogP contribution in [0.4, 0.5) is 18.9 Å². The second-order valence-corrected chi connectivity index (χ2v) is 7.37. The minimum absolute atomic E-state index is 0.00993. The Labute approximate surface area is 175 Å². The highest BCUT2D eigenvalue weighted by atomic mass is 32.2. The van der Waals surface area contributed by atoms with Crippen LogP contribution in [0, 0.1) is 0 Å². The average molecular weight is 465 g/mol. The summed E-state index contributed by atoms with van der Waals surface area (Å²) in [7, 11) is 0.480.